The van der Waals surface area contributed by atoms with E-state index in [1.807, 2.05) is 13.1 Å². The van der Waals surface area contributed by atoms with Crippen molar-refractivity contribution < 1.29 is 4.79 Å². The molecule has 1 aromatic carbocycles. The number of hydrogen-bond acceptors (Lipinski definition) is 3. The molecule has 1 saturated heterocycles. The van der Waals surface area contributed by atoms with Gasteiger partial charge in [-0.1, -0.05) is 6.07 Å². The summed E-state index contributed by atoms with van der Waals surface area (Å²) in [5.74, 6) is 0.107. The average Bonchev–Trinajstić information content (AvgIpc) is 3.08. The second kappa shape index (κ2) is 7.95. The topological polar surface area (TPSA) is 44.4 Å². The molecule has 0 radical (unpaired) electrons. The van der Waals surface area contributed by atoms with Gasteiger partial charge >= 0.3 is 0 Å². The first kappa shape index (κ1) is 17.3. The van der Waals surface area contributed by atoms with Crippen LogP contribution in [-0.2, 0) is 17.6 Å². The van der Waals surface area contributed by atoms with Crippen molar-refractivity contribution in [2.24, 2.45) is 0 Å². The fourth-order valence-corrected chi connectivity index (χ4v) is 3.60. The Morgan fingerprint density at radius 1 is 1.27 bits per heavy atom. The molecule has 0 aromatic heterocycles. The van der Waals surface area contributed by atoms with Gasteiger partial charge in [-0.25, -0.2) is 0 Å². The maximum absolute atomic E-state index is 12.2. The van der Waals surface area contributed by atoms with E-state index in [0.29, 0.717) is 12.6 Å². The van der Waals surface area contributed by atoms with Crippen molar-refractivity contribution in [3.63, 3.8) is 0 Å². The minimum absolute atomic E-state index is 0. The second-order valence-electron chi connectivity index (χ2n) is 6.21. The molecule has 2 aliphatic rings. The number of nitrogens with one attached hydrogen (secondary N) is 2. The largest absolute Gasteiger partial charge is 0.325 e. The zero-order chi connectivity index (χ0) is 14.7. The van der Waals surface area contributed by atoms with Crippen LogP contribution in [0.15, 0.2) is 18.2 Å². The molecule has 1 amide bonds. The lowest BCUT2D eigenvalue weighted by molar-refractivity contribution is -0.117. The molecular weight excluding hydrogens is 298 g/mol. The summed E-state index contributed by atoms with van der Waals surface area (Å²) in [6.07, 6.45) is 5.95. The Balaban J connectivity index is 0.00000176. The van der Waals surface area contributed by atoms with E-state index in [9.17, 15) is 4.79 Å². The van der Waals surface area contributed by atoms with E-state index in [1.165, 1.54) is 36.8 Å². The molecular formula is C17H26ClN3O. The maximum Gasteiger partial charge on any atom is 0.238 e. The number of likely N-dealkylation sites (tertiary alicyclic amines) is 1. The fraction of sp³-hybridized carbons (Fsp3) is 0.588. The molecule has 122 valence electrons. The minimum atomic E-state index is 0. The SMILES string of the molecule is CNCC1CCCN1CC(=O)Nc1ccc2c(c1)CCC2.Cl. The van der Waals surface area contributed by atoms with Gasteiger partial charge in [0.15, 0.2) is 0 Å². The van der Waals surface area contributed by atoms with Gasteiger partial charge in [0.25, 0.3) is 0 Å². The third-order valence-electron chi connectivity index (χ3n) is 4.67. The normalized spacial score (nSPS) is 20.5. The highest BCUT2D eigenvalue weighted by molar-refractivity contribution is 5.92. The van der Waals surface area contributed by atoms with Crippen LogP contribution in [0.3, 0.4) is 0 Å². The predicted molar refractivity (Wildman–Crippen MR) is 92.9 cm³/mol. The highest BCUT2D eigenvalue weighted by Gasteiger charge is 2.25. The summed E-state index contributed by atoms with van der Waals surface area (Å²) in [6, 6.07) is 6.85. The lowest BCUT2D eigenvalue weighted by Gasteiger charge is -2.23. The number of likely N-dealkylation sites (N-methyl/N-ethyl adjacent to an activating group) is 1. The molecule has 1 aliphatic carbocycles. The Kier molecular flexibility index (Phi) is 6.24. The first-order valence-electron chi connectivity index (χ1n) is 8.06. The average molecular weight is 324 g/mol. The minimum Gasteiger partial charge on any atom is -0.325 e. The Hall–Kier alpha value is -1.10. The van der Waals surface area contributed by atoms with E-state index in [4.69, 9.17) is 0 Å². The van der Waals surface area contributed by atoms with Crippen LogP contribution in [0, 0.1) is 0 Å². The molecule has 1 unspecified atom stereocenters. The number of halogens is 1. The zero-order valence-electron chi connectivity index (χ0n) is 13.2. The van der Waals surface area contributed by atoms with Gasteiger partial charge in [0, 0.05) is 18.3 Å². The molecule has 0 bridgehead atoms. The van der Waals surface area contributed by atoms with E-state index >= 15 is 0 Å². The van der Waals surface area contributed by atoms with Crippen molar-refractivity contribution in [3.8, 4) is 0 Å². The molecule has 1 fully saturated rings. The molecule has 1 aliphatic heterocycles. The number of carbonyl (C=O) groups is 1. The lowest BCUT2D eigenvalue weighted by atomic mass is 10.1. The third kappa shape index (κ3) is 4.00. The van der Waals surface area contributed by atoms with E-state index in [-0.39, 0.29) is 18.3 Å². The fourth-order valence-electron chi connectivity index (χ4n) is 3.60. The lowest BCUT2D eigenvalue weighted by Crippen LogP contribution is -2.41. The highest BCUT2D eigenvalue weighted by atomic mass is 35.5. The van der Waals surface area contributed by atoms with E-state index in [2.05, 4.69) is 27.7 Å². The molecule has 22 heavy (non-hydrogen) atoms. The number of carbonyl (C=O) groups excluding carboxylic acids is 1. The van der Waals surface area contributed by atoms with Crippen molar-refractivity contribution in [1.29, 1.82) is 0 Å². The molecule has 5 heteroatoms. The number of aryl methyl sites for hydroxylation is 2. The van der Waals surface area contributed by atoms with Crippen LogP contribution in [-0.4, -0.2) is 43.5 Å². The quantitative estimate of drug-likeness (QED) is 0.873. The second-order valence-corrected chi connectivity index (χ2v) is 6.21. The van der Waals surface area contributed by atoms with Crippen LogP contribution in [0.2, 0.25) is 0 Å². The highest BCUT2D eigenvalue weighted by Crippen LogP contribution is 2.25. The Morgan fingerprint density at radius 2 is 2.09 bits per heavy atom. The maximum atomic E-state index is 12.2. The standard InChI is InChI=1S/C17H25N3O.ClH/c1-18-11-16-6-3-9-20(16)12-17(21)19-15-8-7-13-4-2-5-14(13)10-15;/h7-8,10,16,18H,2-6,9,11-12H2,1H3,(H,19,21);1H. The number of anilines is 1. The van der Waals surface area contributed by atoms with Crippen molar-refractivity contribution in [2.45, 2.75) is 38.1 Å². The predicted octanol–water partition coefficient (Wildman–Crippen LogP) is 2.22. The van der Waals surface area contributed by atoms with Gasteiger partial charge in [-0.2, -0.15) is 0 Å². The van der Waals surface area contributed by atoms with Gasteiger partial charge in [-0.3, -0.25) is 9.69 Å². The molecule has 3 rings (SSSR count). The van der Waals surface area contributed by atoms with Crippen LogP contribution in [0.25, 0.3) is 0 Å². The number of hydrogen-bond donors (Lipinski definition) is 2. The number of rotatable bonds is 5. The number of amides is 1. The summed E-state index contributed by atoms with van der Waals surface area (Å²) in [6.45, 7) is 2.50. The van der Waals surface area contributed by atoms with Gasteiger partial charge in [0.1, 0.15) is 0 Å². The number of fused-ring (bicyclic) bond motifs is 1. The summed E-state index contributed by atoms with van der Waals surface area (Å²) in [4.78, 5) is 14.5. The van der Waals surface area contributed by atoms with Crippen LogP contribution in [0.5, 0.6) is 0 Å². The first-order chi connectivity index (χ1) is 10.3. The molecule has 0 spiro atoms. The zero-order valence-corrected chi connectivity index (χ0v) is 14.0. The van der Waals surface area contributed by atoms with Crippen molar-refractivity contribution in [3.05, 3.63) is 29.3 Å². The van der Waals surface area contributed by atoms with Gasteiger partial charge in [0.05, 0.1) is 6.54 Å². The van der Waals surface area contributed by atoms with Crippen LogP contribution < -0.4 is 10.6 Å². The van der Waals surface area contributed by atoms with Crippen molar-refractivity contribution in [1.82, 2.24) is 10.2 Å². The Labute approximate surface area is 139 Å². The number of nitrogens with zero attached hydrogens (tertiary/aromatic N) is 1. The number of benzene rings is 1. The van der Waals surface area contributed by atoms with E-state index in [0.717, 1.165) is 25.2 Å². The van der Waals surface area contributed by atoms with Crippen molar-refractivity contribution >= 4 is 24.0 Å². The van der Waals surface area contributed by atoms with E-state index < -0.39 is 0 Å². The molecule has 1 aromatic rings. The summed E-state index contributed by atoms with van der Waals surface area (Å²) >= 11 is 0. The van der Waals surface area contributed by atoms with Gasteiger partial charge in [-0.15, -0.1) is 12.4 Å². The molecule has 1 atom stereocenters. The first-order valence-corrected chi connectivity index (χ1v) is 8.06. The summed E-state index contributed by atoms with van der Waals surface area (Å²) < 4.78 is 0. The Bertz CT molecular complexity index is 521. The summed E-state index contributed by atoms with van der Waals surface area (Å²) in [5.41, 5.74) is 3.80. The van der Waals surface area contributed by atoms with Gasteiger partial charge in [0.2, 0.25) is 5.91 Å². The van der Waals surface area contributed by atoms with Gasteiger partial charge < -0.3 is 10.6 Å². The van der Waals surface area contributed by atoms with E-state index in [1.54, 1.807) is 0 Å². The molecule has 2 N–H and O–H groups in total. The van der Waals surface area contributed by atoms with Gasteiger partial charge in [-0.05, 0) is 69.0 Å². The summed E-state index contributed by atoms with van der Waals surface area (Å²) in [5, 5.41) is 6.28. The Morgan fingerprint density at radius 3 is 2.91 bits per heavy atom. The summed E-state index contributed by atoms with van der Waals surface area (Å²) in [7, 11) is 1.97. The third-order valence-corrected chi connectivity index (χ3v) is 4.67. The van der Waals surface area contributed by atoms with Crippen LogP contribution in [0.4, 0.5) is 5.69 Å². The smallest absolute Gasteiger partial charge is 0.238 e. The molecule has 4 nitrogen and oxygen atoms in total. The van der Waals surface area contributed by atoms with Crippen LogP contribution in [0.1, 0.15) is 30.4 Å². The van der Waals surface area contributed by atoms with Crippen LogP contribution >= 0.6 is 12.4 Å². The molecule has 1 heterocycles. The van der Waals surface area contributed by atoms with Crippen molar-refractivity contribution in [2.75, 3.05) is 32.0 Å². The molecule has 0 saturated carbocycles. The monoisotopic (exact) mass is 323 g/mol.